The molecule has 2 saturated heterocycles. The monoisotopic (exact) mass is 375 g/mol. The predicted octanol–water partition coefficient (Wildman–Crippen LogP) is 2.68. The van der Waals surface area contributed by atoms with Gasteiger partial charge in [0.1, 0.15) is 6.17 Å². The van der Waals surface area contributed by atoms with Gasteiger partial charge in [0.25, 0.3) is 0 Å². The molecule has 2 fully saturated rings. The molecule has 3 heterocycles. The number of anilines is 1. The lowest BCUT2D eigenvalue weighted by Gasteiger charge is -2.29. The molecule has 7 nitrogen and oxygen atoms in total. The summed E-state index contributed by atoms with van der Waals surface area (Å²) in [7, 11) is 4.77. The molecule has 138 valence electrons. The fourth-order valence-electron chi connectivity index (χ4n) is 3.90. The Labute approximate surface area is 156 Å². The summed E-state index contributed by atoms with van der Waals surface area (Å²) < 4.78 is 16.4. The summed E-state index contributed by atoms with van der Waals surface area (Å²) in [5.41, 5.74) is 0.924. The molecule has 2 unspecified atom stereocenters. The maximum Gasteiger partial charge on any atom is 0.247 e. The molecule has 26 heavy (non-hydrogen) atoms. The van der Waals surface area contributed by atoms with Gasteiger partial charge < -0.3 is 14.2 Å². The van der Waals surface area contributed by atoms with Crippen molar-refractivity contribution < 1.29 is 19.0 Å². The second-order valence-corrected chi connectivity index (χ2v) is 7.12. The Kier molecular flexibility index (Phi) is 4.46. The van der Waals surface area contributed by atoms with E-state index >= 15 is 0 Å². The molecule has 1 amide bonds. The van der Waals surface area contributed by atoms with Crippen LogP contribution in [-0.4, -0.2) is 49.7 Å². The van der Waals surface area contributed by atoms with Crippen LogP contribution in [0.1, 0.15) is 24.6 Å². The number of methoxy groups -OCH3 is 3. The maximum absolute atomic E-state index is 13.1. The first-order chi connectivity index (χ1) is 12.7. The van der Waals surface area contributed by atoms with Gasteiger partial charge in [0.15, 0.2) is 16.6 Å². The predicted molar refractivity (Wildman–Crippen MR) is 98.2 cm³/mol. The molecule has 2 aliphatic rings. The van der Waals surface area contributed by atoms with Crippen LogP contribution in [-0.2, 0) is 4.79 Å². The maximum atomic E-state index is 13.1. The summed E-state index contributed by atoms with van der Waals surface area (Å²) in [6, 6.07) is 3.74. The number of fused-ring (bicyclic) bond motifs is 1. The van der Waals surface area contributed by atoms with Gasteiger partial charge in [-0.05, 0) is 30.5 Å². The summed E-state index contributed by atoms with van der Waals surface area (Å²) in [4.78, 5) is 21.5. The zero-order valence-corrected chi connectivity index (χ0v) is 15.8. The minimum atomic E-state index is -0.227. The molecule has 0 radical (unpaired) electrons. The number of thiazole rings is 1. The molecule has 4 rings (SSSR count). The van der Waals surface area contributed by atoms with Gasteiger partial charge in [-0.25, -0.2) is 4.98 Å². The smallest absolute Gasteiger partial charge is 0.247 e. The SMILES string of the molecule is COc1cc(C2N(c3nccs3)C(=O)C3CCCN32)cc(OC)c1OC. The number of nitrogens with zero attached hydrogens (tertiary/aromatic N) is 3. The van der Waals surface area contributed by atoms with Crippen LogP contribution < -0.4 is 19.1 Å². The van der Waals surface area contributed by atoms with Crippen molar-refractivity contribution in [3.05, 3.63) is 29.3 Å². The Hall–Kier alpha value is -2.32. The van der Waals surface area contributed by atoms with E-state index in [1.807, 2.05) is 17.5 Å². The molecule has 0 N–H and O–H groups in total. The Morgan fingerprint density at radius 2 is 1.88 bits per heavy atom. The summed E-state index contributed by atoms with van der Waals surface area (Å²) in [5.74, 6) is 1.81. The number of carbonyl (C=O) groups excluding carboxylic acids is 1. The van der Waals surface area contributed by atoms with Crippen molar-refractivity contribution in [3.8, 4) is 17.2 Å². The fourth-order valence-corrected chi connectivity index (χ4v) is 4.57. The molecule has 1 aromatic heterocycles. The summed E-state index contributed by atoms with van der Waals surface area (Å²) in [6.45, 7) is 0.875. The average molecular weight is 375 g/mol. The van der Waals surface area contributed by atoms with Crippen molar-refractivity contribution >= 4 is 22.4 Å². The molecular formula is C18H21N3O4S. The first-order valence-electron chi connectivity index (χ1n) is 8.47. The first kappa shape index (κ1) is 17.1. The van der Waals surface area contributed by atoms with Gasteiger partial charge in [-0.15, -0.1) is 11.3 Å². The van der Waals surface area contributed by atoms with Gasteiger partial charge in [0.2, 0.25) is 11.7 Å². The van der Waals surface area contributed by atoms with Crippen molar-refractivity contribution in [2.75, 3.05) is 32.8 Å². The second-order valence-electron chi connectivity index (χ2n) is 6.25. The molecule has 2 aliphatic heterocycles. The van der Waals surface area contributed by atoms with E-state index in [1.54, 1.807) is 32.4 Å². The van der Waals surface area contributed by atoms with E-state index in [1.165, 1.54) is 11.3 Å². The number of rotatable bonds is 5. The summed E-state index contributed by atoms with van der Waals surface area (Å²) in [5, 5.41) is 2.60. The molecule has 0 aliphatic carbocycles. The van der Waals surface area contributed by atoms with E-state index in [4.69, 9.17) is 14.2 Å². The van der Waals surface area contributed by atoms with Crippen molar-refractivity contribution in [1.29, 1.82) is 0 Å². The van der Waals surface area contributed by atoms with Crippen LogP contribution in [0.25, 0.3) is 0 Å². The van der Waals surface area contributed by atoms with Gasteiger partial charge in [0.05, 0.1) is 27.4 Å². The Morgan fingerprint density at radius 1 is 1.15 bits per heavy atom. The van der Waals surface area contributed by atoms with Crippen LogP contribution in [0, 0.1) is 0 Å². The number of hydrogen-bond donors (Lipinski definition) is 0. The Morgan fingerprint density at radius 3 is 2.46 bits per heavy atom. The van der Waals surface area contributed by atoms with Gasteiger partial charge in [0, 0.05) is 18.1 Å². The quantitative estimate of drug-likeness (QED) is 0.801. The molecule has 2 aromatic rings. The van der Waals surface area contributed by atoms with E-state index in [0.29, 0.717) is 22.4 Å². The molecule has 8 heteroatoms. The van der Waals surface area contributed by atoms with Crippen LogP contribution in [0.3, 0.4) is 0 Å². The molecule has 2 atom stereocenters. The number of hydrogen-bond acceptors (Lipinski definition) is 7. The minimum Gasteiger partial charge on any atom is -0.493 e. The number of aromatic nitrogens is 1. The van der Waals surface area contributed by atoms with Crippen LogP contribution >= 0.6 is 11.3 Å². The summed E-state index contributed by atoms with van der Waals surface area (Å²) in [6.07, 6.45) is 3.39. The van der Waals surface area contributed by atoms with E-state index < -0.39 is 0 Å². The van der Waals surface area contributed by atoms with E-state index in [0.717, 1.165) is 24.9 Å². The third-order valence-electron chi connectivity index (χ3n) is 4.99. The fraction of sp³-hybridized carbons (Fsp3) is 0.444. The largest absolute Gasteiger partial charge is 0.493 e. The minimum absolute atomic E-state index is 0.0945. The molecule has 0 bridgehead atoms. The van der Waals surface area contributed by atoms with Crippen LogP contribution in [0.2, 0.25) is 0 Å². The van der Waals surface area contributed by atoms with Crippen molar-refractivity contribution in [2.45, 2.75) is 25.0 Å². The van der Waals surface area contributed by atoms with Crippen LogP contribution in [0.5, 0.6) is 17.2 Å². The number of carbonyl (C=O) groups is 1. The highest BCUT2D eigenvalue weighted by Crippen LogP contribution is 2.47. The van der Waals surface area contributed by atoms with Gasteiger partial charge in [-0.2, -0.15) is 0 Å². The van der Waals surface area contributed by atoms with E-state index in [9.17, 15) is 4.79 Å². The lowest BCUT2D eigenvalue weighted by Crippen LogP contribution is -2.32. The highest BCUT2D eigenvalue weighted by Gasteiger charge is 2.50. The highest BCUT2D eigenvalue weighted by atomic mass is 32.1. The molecule has 1 aromatic carbocycles. The average Bonchev–Trinajstić information content (AvgIpc) is 3.39. The highest BCUT2D eigenvalue weighted by molar-refractivity contribution is 7.13. The van der Waals surface area contributed by atoms with Crippen molar-refractivity contribution in [3.63, 3.8) is 0 Å². The van der Waals surface area contributed by atoms with E-state index in [-0.39, 0.29) is 18.1 Å². The number of benzene rings is 1. The normalized spacial score (nSPS) is 22.6. The zero-order valence-electron chi connectivity index (χ0n) is 15.0. The zero-order chi connectivity index (χ0) is 18.3. The van der Waals surface area contributed by atoms with Crippen molar-refractivity contribution in [2.24, 2.45) is 0 Å². The lowest BCUT2D eigenvalue weighted by molar-refractivity contribution is -0.119. The number of ether oxygens (including phenoxy) is 3. The molecular weight excluding hydrogens is 354 g/mol. The van der Waals surface area contributed by atoms with Gasteiger partial charge >= 0.3 is 0 Å². The van der Waals surface area contributed by atoms with E-state index in [2.05, 4.69) is 9.88 Å². The third kappa shape index (κ3) is 2.52. The standard InChI is InChI=1S/C18H21N3O4S/c1-23-13-9-11(10-14(24-2)15(13)25-3)16-20-7-4-5-12(20)17(22)21(16)18-19-6-8-26-18/h6,8-10,12,16H,4-5,7H2,1-3H3. The van der Waals surface area contributed by atoms with Crippen molar-refractivity contribution in [1.82, 2.24) is 9.88 Å². The lowest BCUT2D eigenvalue weighted by atomic mass is 10.1. The van der Waals surface area contributed by atoms with Crippen LogP contribution in [0.15, 0.2) is 23.7 Å². The number of amides is 1. The second kappa shape index (κ2) is 6.77. The Bertz CT molecular complexity index is 786. The topological polar surface area (TPSA) is 64.1 Å². The summed E-state index contributed by atoms with van der Waals surface area (Å²) >= 11 is 1.47. The Balaban J connectivity index is 1.85. The van der Waals surface area contributed by atoms with Crippen LogP contribution in [0.4, 0.5) is 5.13 Å². The molecule has 0 spiro atoms. The first-order valence-corrected chi connectivity index (χ1v) is 9.35. The molecule has 0 saturated carbocycles. The van der Waals surface area contributed by atoms with Gasteiger partial charge in [-0.3, -0.25) is 14.6 Å². The van der Waals surface area contributed by atoms with Gasteiger partial charge in [-0.1, -0.05) is 0 Å². The third-order valence-corrected chi connectivity index (χ3v) is 5.76.